The van der Waals surface area contributed by atoms with Crippen LogP contribution in [-0.4, -0.2) is 43.1 Å². The van der Waals surface area contributed by atoms with Crippen molar-refractivity contribution < 1.29 is 14.3 Å². The summed E-state index contributed by atoms with van der Waals surface area (Å²) < 4.78 is 5.45. The van der Waals surface area contributed by atoms with Gasteiger partial charge in [-0.15, -0.1) is 11.3 Å². The minimum atomic E-state index is -0.129. The maximum atomic E-state index is 12.9. The number of likely N-dealkylation sites (tertiary alicyclic amines) is 1. The second-order valence-electron chi connectivity index (χ2n) is 7.41. The van der Waals surface area contributed by atoms with Gasteiger partial charge in [-0.05, 0) is 36.6 Å². The summed E-state index contributed by atoms with van der Waals surface area (Å²) in [4.78, 5) is 28.7. The van der Waals surface area contributed by atoms with Crippen molar-refractivity contribution in [1.82, 2.24) is 10.2 Å². The highest BCUT2D eigenvalue weighted by molar-refractivity contribution is 7.17. The van der Waals surface area contributed by atoms with Crippen molar-refractivity contribution >= 4 is 29.0 Å². The molecule has 160 valence electrons. The third-order valence-corrected chi connectivity index (χ3v) is 6.49. The van der Waals surface area contributed by atoms with Crippen LogP contribution in [0.5, 0.6) is 5.75 Å². The number of amides is 3. The Hall–Kier alpha value is -3.32. The van der Waals surface area contributed by atoms with Crippen molar-refractivity contribution in [3.05, 3.63) is 71.6 Å². The Labute approximate surface area is 185 Å². The molecule has 1 aliphatic rings. The zero-order chi connectivity index (χ0) is 21.6. The highest BCUT2D eigenvalue weighted by atomic mass is 32.1. The lowest BCUT2D eigenvalue weighted by molar-refractivity contribution is 0.0920. The van der Waals surface area contributed by atoms with Gasteiger partial charge in [-0.25, -0.2) is 4.79 Å². The zero-order valence-corrected chi connectivity index (χ0v) is 18.2. The Morgan fingerprint density at radius 2 is 1.65 bits per heavy atom. The molecular formula is C24H25N3O3S. The molecule has 0 spiro atoms. The molecule has 0 saturated carbocycles. The normalized spacial score (nSPS) is 14.2. The van der Waals surface area contributed by atoms with Crippen LogP contribution in [0, 0.1) is 0 Å². The topological polar surface area (TPSA) is 70.7 Å². The lowest BCUT2D eigenvalue weighted by Gasteiger charge is -2.32. The van der Waals surface area contributed by atoms with Gasteiger partial charge in [-0.2, -0.15) is 0 Å². The summed E-state index contributed by atoms with van der Waals surface area (Å²) in [5.41, 5.74) is 1.84. The lowest BCUT2D eigenvalue weighted by atomic mass is 10.1. The van der Waals surface area contributed by atoms with Crippen LogP contribution in [0.2, 0.25) is 0 Å². The number of methoxy groups -OCH3 is 1. The zero-order valence-electron chi connectivity index (χ0n) is 17.3. The maximum Gasteiger partial charge on any atom is 0.321 e. The summed E-state index contributed by atoms with van der Waals surface area (Å²) in [6.45, 7) is 1.20. The molecule has 2 aromatic carbocycles. The molecule has 4 rings (SSSR count). The van der Waals surface area contributed by atoms with Gasteiger partial charge in [0, 0.05) is 29.7 Å². The average Bonchev–Trinajstić information content (AvgIpc) is 3.25. The summed E-state index contributed by atoms with van der Waals surface area (Å²) in [5, 5.41) is 6.03. The Morgan fingerprint density at radius 1 is 1.00 bits per heavy atom. The van der Waals surface area contributed by atoms with E-state index >= 15 is 0 Å². The first-order valence-corrected chi connectivity index (χ1v) is 11.1. The SMILES string of the molecule is COc1cc(-c2ccccc2)sc1C(=O)NC1CCN(C(=O)Nc2ccccc2)CC1. The van der Waals surface area contributed by atoms with Crippen LogP contribution >= 0.6 is 11.3 Å². The van der Waals surface area contributed by atoms with E-state index in [0.29, 0.717) is 36.6 Å². The number of para-hydroxylation sites is 1. The van der Waals surface area contributed by atoms with E-state index in [4.69, 9.17) is 4.74 Å². The Bertz CT molecular complexity index is 1030. The number of nitrogens with zero attached hydrogens (tertiary/aromatic N) is 1. The van der Waals surface area contributed by atoms with Gasteiger partial charge in [0.15, 0.2) is 0 Å². The van der Waals surface area contributed by atoms with E-state index in [1.54, 1.807) is 12.0 Å². The van der Waals surface area contributed by atoms with Gasteiger partial charge in [0.25, 0.3) is 5.91 Å². The number of piperidine rings is 1. The number of urea groups is 1. The van der Waals surface area contributed by atoms with Crippen molar-refractivity contribution in [2.45, 2.75) is 18.9 Å². The van der Waals surface area contributed by atoms with Crippen LogP contribution in [0.3, 0.4) is 0 Å². The smallest absolute Gasteiger partial charge is 0.321 e. The first-order chi connectivity index (χ1) is 15.1. The van der Waals surface area contributed by atoms with Gasteiger partial charge in [0.2, 0.25) is 0 Å². The summed E-state index contributed by atoms with van der Waals surface area (Å²) in [6, 6.07) is 21.2. The second kappa shape index (κ2) is 9.66. The molecule has 1 saturated heterocycles. The van der Waals surface area contributed by atoms with Gasteiger partial charge >= 0.3 is 6.03 Å². The largest absolute Gasteiger partial charge is 0.495 e. The van der Waals surface area contributed by atoms with E-state index in [-0.39, 0.29) is 18.0 Å². The third-order valence-electron chi connectivity index (χ3n) is 5.32. The number of hydrogen-bond acceptors (Lipinski definition) is 4. The molecule has 1 fully saturated rings. The summed E-state index contributed by atoms with van der Waals surface area (Å²) in [7, 11) is 1.58. The number of benzene rings is 2. The van der Waals surface area contributed by atoms with Crippen LogP contribution in [0.4, 0.5) is 10.5 Å². The van der Waals surface area contributed by atoms with Crippen LogP contribution < -0.4 is 15.4 Å². The second-order valence-corrected chi connectivity index (χ2v) is 8.46. The number of ether oxygens (including phenoxy) is 1. The van der Waals surface area contributed by atoms with Crippen LogP contribution in [0.15, 0.2) is 66.7 Å². The van der Waals surface area contributed by atoms with Crippen LogP contribution in [0.25, 0.3) is 10.4 Å². The predicted octanol–water partition coefficient (Wildman–Crippen LogP) is 4.85. The fourth-order valence-electron chi connectivity index (χ4n) is 3.63. The molecule has 3 amide bonds. The van der Waals surface area contributed by atoms with E-state index in [9.17, 15) is 9.59 Å². The van der Waals surface area contributed by atoms with Gasteiger partial charge in [0.05, 0.1) is 7.11 Å². The number of rotatable bonds is 5. The molecule has 2 heterocycles. The quantitative estimate of drug-likeness (QED) is 0.602. The molecule has 2 N–H and O–H groups in total. The van der Waals surface area contributed by atoms with Crippen LogP contribution in [-0.2, 0) is 0 Å². The molecule has 3 aromatic rings. The fourth-order valence-corrected chi connectivity index (χ4v) is 4.67. The molecule has 0 atom stereocenters. The minimum Gasteiger partial charge on any atom is -0.495 e. The number of carbonyl (C=O) groups excluding carboxylic acids is 2. The number of thiophene rings is 1. The summed E-state index contributed by atoms with van der Waals surface area (Å²) in [6.07, 6.45) is 1.43. The summed E-state index contributed by atoms with van der Waals surface area (Å²) in [5.74, 6) is 0.456. The monoisotopic (exact) mass is 435 g/mol. The van der Waals surface area contributed by atoms with Crippen molar-refractivity contribution in [2.75, 3.05) is 25.5 Å². The highest BCUT2D eigenvalue weighted by Crippen LogP contribution is 2.36. The van der Waals surface area contributed by atoms with E-state index < -0.39 is 0 Å². The fraction of sp³-hybridized carbons (Fsp3) is 0.250. The average molecular weight is 436 g/mol. The Balaban J connectivity index is 1.34. The Morgan fingerprint density at radius 3 is 2.29 bits per heavy atom. The number of hydrogen-bond donors (Lipinski definition) is 2. The van der Waals surface area contributed by atoms with Crippen molar-refractivity contribution in [3.8, 4) is 16.2 Å². The highest BCUT2D eigenvalue weighted by Gasteiger charge is 2.26. The van der Waals surface area contributed by atoms with E-state index in [1.165, 1.54) is 11.3 Å². The first-order valence-electron chi connectivity index (χ1n) is 10.3. The maximum absolute atomic E-state index is 12.9. The van der Waals surface area contributed by atoms with Gasteiger partial charge in [-0.3, -0.25) is 4.79 Å². The minimum absolute atomic E-state index is 0.0280. The summed E-state index contributed by atoms with van der Waals surface area (Å²) >= 11 is 1.43. The molecule has 1 aromatic heterocycles. The lowest BCUT2D eigenvalue weighted by Crippen LogP contribution is -2.47. The standard InChI is InChI=1S/C24H25N3O3S/c1-30-20-16-21(17-8-4-2-5-9-17)31-22(20)23(28)25-19-12-14-27(15-13-19)24(29)26-18-10-6-3-7-11-18/h2-11,16,19H,12-15H2,1H3,(H,25,28)(H,26,29). The first kappa shape index (κ1) is 20.9. The molecule has 6 nitrogen and oxygen atoms in total. The van der Waals surface area contributed by atoms with Gasteiger partial charge in [-0.1, -0.05) is 48.5 Å². The number of carbonyl (C=O) groups is 2. The number of anilines is 1. The molecule has 0 radical (unpaired) electrons. The van der Waals surface area contributed by atoms with Gasteiger partial charge in [0.1, 0.15) is 10.6 Å². The molecule has 0 bridgehead atoms. The molecule has 31 heavy (non-hydrogen) atoms. The molecule has 1 aliphatic heterocycles. The molecule has 7 heteroatoms. The van der Waals surface area contributed by atoms with E-state index in [2.05, 4.69) is 10.6 Å². The van der Waals surface area contributed by atoms with E-state index in [1.807, 2.05) is 66.7 Å². The van der Waals surface area contributed by atoms with Crippen molar-refractivity contribution in [1.29, 1.82) is 0 Å². The Kier molecular flexibility index (Phi) is 6.52. The molecule has 0 unspecified atom stereocenters. The van der Waals surface area contributed by atoms with Gasteiger partial charge < -0.3 is 20.3 Å². The number of nitrogens with one attached hydrogen (secondary N) is 2. The van der Waals surface area contributed by atoms with E-state index in [0.717, 1.165) is 16.1 Å². The third kappa shape index (κ3) is 5.06. The molecule has 0 aliphatic carbocycles. The molecular weight excluding hydrogens is 410 g/mol. The van der Waals surface area contributed by atoms with Crippen molar-refractivity contribution in [2.24, 2.45) is 0 Å². The van der Waals surface area contributed by atoms with Crippen molar-refractivity contribution in [3.63, 3.8) is 0 Å². The predicted molar refractivity (Wildman–Crippen MR) is 124 cm³/mol. The van der Waals surface area contributed by atoms with Crippen LogP contribution in [0.1, 0.15) is 22.5 Å².